The molecule has 0 saturated carbocycles. The third kappa shape index (κ3) is 5.80. The molecular formula is C26H32N4O2. The van der Waals surface area contributed by atoms with Crippen LogP contribution < -0.4 is 9.64 Å². The molecular weight excluding hydrogens is 400 g/mol. The lowest BCUT2D eigenvalue weighted by atomic mass is 10.1. The van der Waals surface area contributed by atoms with Crippen molar-refractivity contribution in [2.45, 2.75) is 25.7 Å². The molecule has 168 valence electrons. The molecule has 1 amide bonds. The third-order valence-corrected chi connectivity index (χ3v) is 6.34. The highest BCUT2D eigenvalue weighted by Crippen LogP contribution is 2.22. The Labute approximate surface area is 191 Å². The molecule has 2 heterocycles. The van der Waals surface area contributed by atoms with E-state index in [1.54, 1.807) is 24.3 Å². The summed E-state index contributed by atoms with van der Waals surface area (Å²) in [5.74, 6) is 0.911. The van der Waals surface area contributed by atoms with Crippen LogP contribution in [0, 0.1) is 11.3 Å². The number of nitrogens with zero attached hydrogens (tertiary/aromatic N) is 4. The predicted octanol–water partition coefficient (Wildman–Crippen LogP) is 3.78. The lowest BCUT2D eigenvalue weighted by Gasteiger charge is -2.36. The lowest BCUT2D eigenvalue weighted by molar-refractivity contribution is 0.0746. The fraction of sp³-hybridized carbons (Fsp3) is 0.462. The molecule has 2 aliphatic heterocycles. The quantitative estimate of drug-likeness (QED) is 0.623. The second-order valence-electron chi connectivity index (χ2n) is 8.57. The Bertz CT molecular complexity index is 924. The molecule has 2 fully saturated rings. The van der Waals surface area contributed by atoms with Crippen LogP contribution in [-0.2, 0) is 0 Å². The van der Waals surface area contributed by atoms with Gasteiger partial charge in [0.25, 0.3) is 5.91 Å². The molecule has 4 rings (SSSR count). The number of hydrogen-bond donors (Lipinski definition) is 0. The molecule has 0 atom stereocenters. The van der Waals surface area contributed by atoms with E-state index < -0.39 is 0 Å². The zero-order valence-corrected chi connectivity index (χ0v) is 18.7. The number of ether oxygens (including phenoxy) is 1. The Morgan fingerprint density at radius 1 is 0.938 bits per heavy atom. The topological polar surface area (TPSA) is 59.8 Å². The molecule has 6 nitrogen and oxygen atoms in total. The van der Waals surface area contributed by atoms with E-state index in [-0.39, 0.29) is 5.91 Å². The maximum absolute atomic E-state index is 12.8. The van der Waals surface area contributed by atoms with Gasteiger partial charge in [0.05, 0.1) is 18.2 Å². The van der Waals surface area contributed by atoms with Crippen molar-refractivity contribution in [1.29, 1.82) is 5.26 Å². The van der Waals surface area contributed by atoms with Gasteiger partial charge in [-0.05, 0) is 74.8 Å². The van der Waals surface area contributed by atoms with Crippen LogP contribution in [0.2, 0.25) is 0 Å². The number of piperazine rings is 1. The zero-order chi connectivity index (χ0) is 22.2. The minimum Gasteiger partial charge on any atom is -0.494 e. The lowest BCUT2D eigenvalue weighted by Crippen LogP contribution is -2.48. The van der Waals surface area contributed by atoms with Gasteiger partial charge < -0.3 is 19.4 Å². The van der Waals surface area contributed by atoms with E-state index in [2.05, 4.69) is 28.0 Å². The second-order valence-corrected chi connectivity index (χ2v) is 8.57. The van der Waals surface area contributed by atoms with Crippen LogP contribution in [0.3, 0.4) is 0 Å². The summed E-state index contributed by atoms with van der Waals surface area (Å²) in [7, 11) is 0. The summed E-state index contributed by atoms with van der Waals surface area (Å²) in [6.07, 6.45) is 5.11. The van der Waals surface area contributed by atoms with Crippen LogP contribution in [-0.4, -0.2) is 68.1 Å². The number of nitriles is 1. The summed E-state index contributed by atoms with van der Waals surface area (Å²) in [5, 5.41) is 9.06. The SMILES string of the molecule is N#Cc1cccc(C(=O)N2CCN(c3ccc(OCCCN4CCCCC4)cc3)CC2)c1. The van der Waals surface area contributed by atoms with Crippen molar-refractivity contribution >= 4 is 11.6 Å². The first-order valence-corrected chi connectivity index (χ1v) is 11.7. The maximum Gasteiger partial charge on any atom is 0.254 e. The van der Waals surface area contributed by atoms with E-state index in [1.807, 2.05) is 17.0 Å². The van der Waals surface area contributed by atoms with Crippen molar-refractivity contribution in [3.8, 4) is 11.8 Å². The Morgan fingerprint density at radius 3 is 2.41 bits per heavy atom. The van der Waals surface area contributed by atoms with Crippen LogP contribution >= 0.6 is 0 Å². The van der Waals surface area contributed by atoms with Gasteiger partial charge in [0.15, 0.2) is 0 Å². The van der Waals surface area contributed by atoms with E-state index in [4.69, 9.17) is 10.00 Å². The fourth-order valence-electron chi connectivity index (χ4n) is 4.49. The number of benzene rings is 2. The van der Waals surface area contributed by atoms with Crippen LogP contribution in [0.25, 0.3) is 0 Å². The van der Waals surface area contributed by atoms with Gasteiger partial charge in [-0.15, -0.1) is 0 Å². The number of piperidine rings is 1. The normalized spacial score (nSPS) is 17.1. The van der Waals surface area contributed by atoms with Crippen molar-refractivity contribution in [1.82, 2.24) is 9.80 Å². The summed E-state index contributed by atoms with van der Waals surface area (Å²) in [6.45, 7) is 7.28. The van der Waals surface area contributed by atoms with Crippen molar-refractivity contribution < 1.29 is 9.53 Å². The second kappa shape index (κ2) is 11.0. The first-order chi connectivity index (χ1) is 15.7. The Morgan fingerprint density at radius 2 is 1.69 bits per heavy atom. The van der Waals surface area contributed by atoms with Crippen LogP contribution in [0.15, 0.2) is 48.5 Å². The minimum atomic E-state index is -0.00458. The molecule has 2 aromatic rings. The molecule has 0 bridgehead atoms. The summed E-state index contributed by atoms with van der Waals surface area (Å²) < 4.78 is 5.93. The van der Waals surface area contributed by atoms with Crippen LogP contribution in [0.4, 0.5) is 5.69 Å². The number of rotatable bonds is 7. The fourth-order valence-corrected chi connectivity index (χ4v) is 4.49. The first kappa shape index (κ1) is 22.2. The van der Waals surface area contributed by atoms with Gasteiger partial charge in [-0.1, -0.05) is 12.5 Å². The molecule has 2 saturated heterocycles. The van der Waals surface area contributed by atoms with E-state index in [0.29, 0.717) is 24.2 Å². The number of anilines is 1. The molecule has 0 N–H and O–H groups in total. The molecule has 2 aromatic carbocycles. The highest BCUT2D eigenvalue weighted by molar-refractivity contribution is 5.94. The molecule has 0 radical (unpaired) electrons. The summed E-state index contributed by atoms with van der Waals surface area (Å²) >= 11 is 0. The third-order valence-electron chi connectivity index (χ3n) is 6.34. The van der Waals surface area contributed by atoms with E-state index >= 15 is 0 Å². The average Bonchev–Trinajstić information content (AvgIpc) is 2.87. The molecule has 0 aliphatic carbocycles. The largest absolute Gasteiger partial charge is 0.494 e. The van der Waals surface area contributed by atoms with Gasteiger partial charge in [0, 0.05) is 44.0 Å². The van der Waals surface area contributed by atoms with Gasteiger partial charge in [0.1, 0.15) is 5.75 Å². The van der Waals surface area contributed by atoms with E-state index in [9.17, 15) is 4.79 Å². The number of carbonyl (C=O) groups excluding carboxylic acids is 1. The predicted molar refractivity (Wildman–Crippen MR) is 126 cm³/mol. The van der Waals surface area contributed by atoms with Gasteiger partial charge >= 0.3 is 0 Å². The Hall–Kier alpha value is -3.04. The number of carbonyl (C=O) groups is 1. The van der Waals surface area contributed by atoms with Crippen LogP contribution in [0.1, 0.15) is 41.6 Å². The smallest absolute Gasteiger partial charge is 0.254 e. The number of hydrogen-bond acceptors (Lipinski definition) is 5. The highest BCUT2D eigenvalue weighted by Gasteiger charge is 2.22. The van der Waals surface area contributed by atoms with E-state index in [1.165, 1.54) is 32.4 Å². The van der Waals surface area contributed by atoms with Crippen molar-refractivity contribution in [3.05, 3.63) is 59.7 Å². The van der Waals surface area contributed by atoms with Crippen molar-refractivity contribution in [3.63, 3.8) is 0 Å². The number of likely N-dealkylation sites (tertiary alicyclic amines) is 1. The minimum absolute atomic E-state index is 0.00458. The van der Waals surface area contributed by atoms with Gasteiger partial charge in [-0.2, -0.15) is 5.26 Å². The van der Waals surface area contributed by atoms with Crippen LogP contribution in [0.5, 0.6) is 5.75 Å². The molecule has 0 unspecified atom stereocenters. The maximum atomic E-state index is 12.8. The molecule has 2 aliphatic rings. The summed E-state index contributed by atoms with van der Waals surface area (Å²) in [6, 6.07) is 17.3. The highest BCUT2D eigenvalue weighted by atomic mass is 16.5. The van der Waals surface area contributed by atoms with Crippen molar-refractivity contribution in [2.24, 2.45) is 0 Å². The molecule has 0 aromatic heterocycles. The summed E-state index contributed by atoms with van der Waals surface area (Å²) in [4.78, 5) is 19.5. The number of amides is 1. The molecule has 0 spiro atoms. The van der Waals surface area contributed by atoms with E-state index in [0.717, 1.165) is 44.1 Å². The van der Waals surface area contributed by atoms with Gasteiger partial charge in [0.2, 0.25) is 0 Å². The Balaban J connectivity index is 1.21. The monoisotopic (exact) mass is 432 g/mol. The molecule has 32 heavy (non-hydrogen) atoms. The van der Waals surface area contributed by atoms with Gasteiger partial charge in [-0.3, -0.25) is 4.79 Å². The Kier molecular flexibility index (Phi) is 7.63. The molecule has 6 heteroatoms. The van der Waals surface area contributed by atoms with Gasteiger partial charge in [-0.25, -0.2) is 0 Å². The summed E-state index contributed by atoms with van der Waals surface area (Å²) in [5.41, 5.74) is 2.26. The zero-order valence-electron chi connectivity index (χ0n) is 18.7. The first-order valence-electron chi connectivity index (χ1n) is 11.7. The van der Waals surface area contributed by atoms with Crippen molar-refractivity contribution in [2.75, 3.05) is 57.3 Å². The standard InChI is InChI=1S/C26H32N4O2/c27-21-22-6-4-7-23(20-22)26(31)30-17-15-29(16-18-30)24-8-10-25(11-9-24)32-19-5-14-28-12-2-1-3-13-28/h4,6-11,20H,1-3,5,12-19H2. The average molecular weight is 433 g/mol.